The number of benzene rings is 1. The van der Waals surface area contributed by atoms with Crippen LogP contribution in [0.4, 0.5) is 5.69 Å². The summed E-state index contributed by atoms with van der Waals surface area (Å²) in [4.78, 5) is 14.0. The van der Waals surface area contributed by atoms with Crippen molar-refractivity contribution in [1.82, 2.24) is 4.90 Å². The van der Waals surface area contributed by atoms with Crippen LogP contribution in [0.5, 0.6) is 11.5 Å². The SMILES string of the molecule is CCCCN1CCC(C2(C)COc3c(C(=O)O)cc(Cl)c(N)c3O2)CC1.Cl. The van der Waals surface area contributed by atoms with E-state index in [1.165, 1.54) is 18.9 Å². The van der Waals surface area contributed by atoms with Gasteiger partial charge in [-0.25, -0.2) is 4.79 Å². The molecular weight excluding hydrogens is 391 g/mol. The van der Waals surface area contributed by atoms with E-state index >= 15 is 0 Å². The Kier molecular flexibility index (Phi) is 7.11. The van der Waals surface area contributed by atoms with Crippen LogP contribution in [0.2, 0.25) is 5.02 Å². The number of piperidine rings is 1. The molecule has 152 valence electrons. The first-order valence-electron chi connectivity index (χ1n) is 9.25. The van der Waals surface area contributed by atoms with E-state index in [1.54, 1.807) is 0 Å². The number of ether oxygens (including phenoxy) is 2. The third kappa shape index (κ3) is 4.39. The molecule has 1 aromatic rings. The van der Waals surface area contributed by atoms with Gasteiger partial charge in [-0.2, -0.15) is 0 Å². The Labute approximate surface area is 171 Å². The van der Waals surface area contributed by atoms with E-state index < -0.39 is 11.6 Å². The molecule has 2 heterocycles. The highest BCUT2D eigenvalue weighted by Crippen LogP contribution is 2.48. The molecule has 0 spiro atoms. The Hall–Kier alpha value is -1.37. The third-order valence-electron chi connectivity index (χ3n) is 5.57. The zero-order chi connectivity index (χ0) is 18.9. The molecule has 0 aliphatic carbocycles. The highest BCUT2D eigenvalue weighted by molar-refractivity contribution is 6.34. The summed E-state index contributed by atoms with van der Waals surface area (Å²) in [5.41, 5.74) is 5.73. The summed E-state index contributed by atoms with van der Waals surface area (Å²) in [6.07, 6.45) is 4.47. The van der Waals surface area contributed by atoms with Gasteiger partial charge in [0.1, 0.15) is 17.8 Å². The molecule has 0 amide bonds. The molecule has 0 bridgehead atoms. The first-order valence-corrected chi connectivity index (χ1v) is 9.63. The number of hydrogen-bond donors (Lipinski definition) is 2. The quantitative estimate of drug-likeness (QED) is 0.700. The maximum Gasteiger partial charge on any atom is 0.339 e. The lowest BCUT2D eigenvalue weighted by molar-refractivity contribution is -0.0575. The van der Waals surface area contributed by atoms with Crippen molar-refractivity contribution in [3.8, 4) is 11.5 Å². The second kappa shape index (κ2) is 8.76. The molecule has 1 fully saturated rings. The van der Waals surface area contributed by atoms with E-state index in [9.17, 15) is 9.90 Å². The molecule has 3 N–H and O–H groups in total. The first-order chi connectivity index (χ1) is 12.4. The van der Waals surface area contributed by atoms with Gasteiger partial charge >= 0.3 is 5.97 Å². The highest BCUT2D eigenvalue weighted by Gasteiger charge is 2.44. The zero-order valence-electron chi connectivity index (χ0n) is 15.8. The van der Waals surface area contributed by atoms with Gasteiger partial charge < -0.3 is 25.2 Å². The monoisotopic (exact) mass is 418 g/mol. The van der Waals surface area contributed by atoms with Gasteiger partial charge in [-0.3, -0.25) is 0 Å². The van der Waals surface area contributed by atoms with E-state index in [0.29, 0.717) is 12.5 Å². The van der Waals surface area contributed by atoms with Crippen LogP contribution < -0.4 is 15.2 Å². The van der Waals surface area contributed by atoms with Gasteiger partial charge in [0.2, 0.25) is 0 Å². The summed E-state index contributed by atoms with van der Waals surface area (Å²) in [5.74, 6) is -0.353. The third-order valence-corrected chi connectivity index (χ3v) is 5.88. The van der Waals surface area contributed by atoms with Crippen LogP contribution in [-0.2, 0) is 0 Å². The fourth-order valence-electron chi connectivity index (χ4n) is 3.85. The smallest absolute Gasteiger partial charge is 0.339 e. The molecule has 1 saturated heterocycles. The van der Waals surface area contributed by atoms with Crippen molar-refractivity contribution in [2.45, 2.75) is 45.1 Å². The number of nitrogens with zero attached hydrogens (tertiary/aromatic N) is 1. The van der Waals surface area contributed by atoms with Crippen LogP contribution in [0.1, 0.15) is 49.9 Å². The number of unbranched alkanes of at least 4 members (excludes halogenated alkanes) is 1. The van der Waals surface area contributed by atoms with Crippen molar-refractivity contribution >= 4 is 35.7 Å². The van der Waals surface area contributed by atoms with Crippen molar-refractivity contribution in [3.05, 3.63) is 16.7 Å². The lowest BCUT2D eigenvalue weighted by Gasteiger charge is -2.45. The van der Waals surface area contributed by atoms with Gasteiger partial charge in [-0.1, -0.05) is 24.9 Å². The van der Waals surface area contributed by atoms with Crippen LogP contribution in [0.25, 0.3) is 0 Å². The number of fused-ring (bicyclic) bond motifs is 1. The first kappa shape index (κ1) is 21.9. The standard InChI is InChI=1S/C19H27ClN2O4.ClH/c1-3-4-7-22-8-5-12(6-9-22)19(2)11-25-16-13(18(23)24)10-14(20)15(21)17(16)26-19;/h10,12H,3-9,11,21H2,1-2H3,(H,23,24);1H. The fraction of sp³-hybridized carbons (Fsp3) is 0.632. The topological polar surface area (TPSA) is 85.0 Å². The molecule has 3 rings (SSSR count). The molecule has 0 saturated carbocycles. The molecule has 2 aliphatic rings. The van der Waals surface area contributed by atoms with Crippen molar-refractivity contribution < 1.29 is 19.4 Å². The van der Waals surface area contributed by atoms with Gasteiger partial charge in [0, 0.05) is 5.92 Å². The number of halogens is 2. The Morgan fingerprint density at radius 3 is 2.67 bits per heavy atom. The minimum Gasteiger partial charge on any atom is -0.485 e. The molecular formula is C19H28Cl2N2O4. The molecule has 2 aliphatic heterocycles. The maximum absolute atomic E-state index is 11.5. The van der Waals surface area contributed by atoms with Gasteiger partial charge in [-0.15, -0.1) is 12.4 Å². The minimum atomic E-state index is -1.11. The number of likely N-dealkylation sites (tertiary alicyclic amines) is 1. The van der Waals surface area contributed by atoms with Gasteiger partial charge in [0.05, 0.1) is 10.7 Å². The van der Waals surface area contributed by atoms with Crippen molar-refractivity contribution in [3.63, 3.8) is 0 Å². The summed E-state index contributed by atoms with van der Waals surface area (Å²) >= 11 is 6.11. The van der Waals surface area contributed by atoms with E-state index in [4.69, 9.17) is 26.8 Å². The van der Waals surface area contributed by atoms with E-state index in [0.717, 1.165) is 32.5 Å². The van der Waals surface area contributed by atoms with Crippen LogP contribution in [0, 0.1) is 5.92 Å². The second-order valence-electron chi connectivity index (χ2n) is 7.46. The number of carbonyl (C=O) groups is 1. The highest BCUT2D eigenvalue weighted by atomic mass is 35.5. The summed E-state index contributed by atoms with van der Waals surface area (Å²) < 4.78 is 12.1. The number of rotatable bonds is 5. The number of nitrogen functional groups attached to an aromatic ring is 1. The fourth-order valence-corrected chi connectivity index (χ4v) is 4.05. The molecule has 1 aromatic carbocycles. The Bertz CT molecular complexity index is 693. The average molecular weight is 419 g/mol. The maximum atomic E-state index is 11.5. The number of aromatic carboxylic acids is 1. The van der Waals surface area contributed by atoms with Crippen LogP contribution >= 0.6 is 24.0 Å². The number of carboxylic acids is 1. The van der Waals surface area contributed by atoms with Gasteiger partial charge in [-0.05, 0) is 51.9 Å². The molecule has 0 radical (unpaired) electrons. The summed E-state index contributed by atoms with van der Waals surface area (Å²) in [6.45, 7) is 7.76. The van der Waals surface area contributed by atoms with Crippen molar-refractivity contribution in [2.75, 3.05) is 32.0 Å². The predicted octanol–water partition coefficient (Wildman–Crippen LogP) is 4.08. The minimum absolute atomic E-state index is 0. The molecule has 1 atom stereocenters. The van der Waals surface area contributed by atoms with Crippen LogP contribution in [-0.4, -0.2) is 47.8 Å². The largest absolute Gasteiger partial charge is 0.485 e. The average Bonchev–Trinajstić information content (AvgIpc) is 2.63. The number of carboxylic acid groups (broad SMARTS) is 1. The molecule has 1 unspecified atom stereocenters. The molecule has 8 heteroatoms. The van der Waals surface area contributed by atoms with Crippen LogP contribution in [0.3, 0.4) is 0 Å². The van der Waals surface area contributed by atoms with Gasteiger partial charge in [0.25, 0.3) is 0 Å². The molecule has 27 heavy (non-hydrogen) atoms. The number of hydrogen-bond acceptors (Lipinski definition) is 5. The van der Waals surface area contributed by atoms with E-state index in [1.807, 2.05) is 6.92 Å². The number of anilines is 1. The normalized spacial score (nSPS) is 22.9. The molecule has 0 aromatic heterocycles. The lowest BCUT2D eigenvalue weighted by Crippen LogP contribution is -2.52. The predicted molar refractivity (Wildman–Crippen MR) is 109 cm³/mol. The van der Waals surface area contributed by atoms with Crippen LogP contribution in [0.15, 0.2) is 6.07 Å². The van der Waals surface area contributed by atoms with E-state index in [2.05, 4.69) is 11.8 Å². The Morgan fingerprint density at radius 2 is 2.07 bits per heavy atom. The molecule has 6 nitrogen and oxygen atoms in total. The second-order valence-corrected chi connectivity index (χ2v) is 7.86. The number of nitrogens with two attached hydrogens (primary N) is 1. The zero-order valence-corrected chi connectivity index (χ0v) is 17.4. The lowest BCUT2D eigenvalue weighted by atomic mass is 9.81. The van der Waals surface area contributed by atoms with Crippen molar-refractivity contribution in [1.29, 1.82) is 0 Å². The Morgan fingerprint density at radius 1 is 1.41 bits per heavy atom. The van der Waals surface area contributed by atoms with Crippen molar-refractivity contribution in [2.24, 2.45) is 5.92 Å². The Balaban J connectivity index is 0.00000261. The summed E-state index contributed by atoms with van der Waals surface area (Å²) in [6, 6.07) is 1.32. The van der Waals surface area contributed by atoms with Gasteiger partial charge in [0.15, 0.2) is 11.5 Å². The summed E-state index contributed by atoms with van der Waals surface area (Å²) in [7, 11) is 0. The van der Waals surface area contributed by atoms with E-state index in [-0.39, 0.29) is 40.2 Å². The summed E-state index contributed by atoms with van der Waals surface area (Å²) in [5, 5.41) is 9.56.